The molecule has 0 amide bonds. The number of benzene rings is 1. The van der Waals surface area contributed by atoms with Gasteiger partial charge in [-0.3, -0.25) is 0 Å². The molecule has 1 aliphatic heterocycles. The normalized spacial score (nSPS) is 25.2. The van der Waals surface area contributed by atoms with Crippen LogP contribution in [-0.4, -0.2) is 12.6 Å². The zero-order chi connectivity index (χ0) is 13.1. The Morgan fingerprint density at radius 1 is 1.16 bits per heavy atom. The summed E-state index contributed by atoms with van der Waals surface area (Å²) in [6.07, 6.45) is 9.01. The standard InChI is InChI=1S/C17H25NO/c18-15(11-13-5-1-2-6-13)12-17-16-8-4-3-7-14(16)9-10-19-17/h3-4,7-8,13,15,17H,1-2,5-6,9-12,18H2. The third-order valence-electron chi connectivity index (χ3n) is 4.72. The Hall–Kier alpha value is -0.860. The molecule has 0 bridgehead atoms. The van der Waals surface area contributed by atoms with Crippen molar-refractivity contribution in [3.05, 3.63) is 35.4 Å². The molecule has 2 N–H and O–H groups in total. The van der Waals surface area contributed by atoms with Crippen LogP contribution in [-0.2, 0) is 11.2 Å². The summed E-state index contributed by atoms with van der Waals surface area (Å²) in [7, 11) is 0. The lowest BCUT2D eigenvalue weighted by Crippen LogP contribution is -2.28. The van der Waals surface area contributed by atoms with Crippen LogP contribution in [0.15, 0.2) is 24.3 Å². The summed E-state index contributed by atoms with van der Waals surface area (Å²) in [5.74, 6) is 0.869. The minimum atomic E-state index is 0.223. The average Bonchev–Trinajstić information content (AvgIpc) is 2.92. The fraction of sp³-hybridized carbons (Fsp3) is 0.647. The Bertz CT molecular complexity index is 411. The summed E-state index contributed by atoms with van der Waals surface area (Å²) in [5, 5.41) is 0. The van der Waals surface area contributed by atoms with Crippen molar-refractivity contribution >= 4 is 0 Å². The monoisotopic (exact) mass is 259 g/mol. The van der Waals surface area contributed by atoms with Gasteiger partial charge in [-0.15, -0.1) is 0 Å². The van der Waals surface area contributed by atoms with E-state index in [0.29, 0.717) is 6.04 Å². The van der Waals surface area contributed by atoms with E-state index in [-0.39, 0.29) is 6.10 Å². The summed E-state index contributed by atoms with van der Waals surface area (Å²) >= 11 is 0. The number of hydrogen-bond acceptors (Lipinski definition) is 2. The smallest absolute Gasteiger partial charge is 0.0842 e. The molecule has 19 heavy (non-hydrogen) atoms. The number of ether oxygens (including phenoxy) is 1. The third-order valence-corrected chi connectivity index (χ3v) is 4.72. The van der Waals surface area contributed by atoms with Gasteiger partial charge in [0.2, 0.25) is 0 Å². The second kappa shape index (κ2) is 6.06. The Kier molecular flexibility index (Phi) is 4.19. The zero-order valence-corrected chi connectivity index (χ0v) is 11.7. The van der Waals surface area contributed by atoms with Crippen LogP contribution in [0, 0.1) is 5.92 Å². The van der Waals surface area contributed by atoms with Gasteiger partial charge in [0.15, 0.2) is 0 Å². The zero-order valence-electron chi connectivity index (χ0n) is 11.7. The highest BCUT2D eigenvalue weighted by molar-refractivity contribution is 5.30. The fourth-order valence-electron chi connectivity index (χ4n) is 3.72. The Morgan fingerprint density at radius 2 is 1.95 bits per heavy atom. The molecule has 1 aromatic rings. The molecule has 2 heteroatoms. The van der Waals surface area contributed by atoms with Crippen LogP contribution in [0.3, 0.4) is 0 Å². The molecular weight excluding hydrogens is 234 g/mol. The topological polar surface area (TPSA) is 35.2 Å². The molecule has 1 aromatic carbocycles. The highest BCUT2D eigenvalue weighted by Crippen LogP contribution is 2.33. The maximum absolute atomic E-state index is 6.36. The van der Waals surface area contributed by atoms with E-state index in [2.05, 4.69) is 24.3 Å². The number of hydrogen-bond donors (Lipinski definition) is 1. The number of nitrogens with two attached hydrogens (primary N) is 1. The number of rotatable bonds is 4. The van der Waals surface area contributed by atoms with E-state index >= 15 is 0 Å². The largest absolute Gasteiger partial charge is 0.373 e. The molecule has 0 radical (unpaired) electrons. The van der Waals surface area contributed by atoms with Crippen LogP contribution >= 0.6 is 0 Å². The quantitative estimate of drug-likeness (QED) is 0.896. The third kappa shape index (κ3) is 3.18. The molecule has 104 valence electrons. The second-order valence-corrected chi connectivity index (χ2v) is 6.19. The van der Waals surface area contributed by atoms with E-state index in [1.165, 1.54) is 43.2 Å². The predicted molar refractivity (Wildman–Crippen MR) is 78.0 cm³/mol. The molecule has 2 unspecified atom stereocenters. The van der Waals surface area contributed by atoms with Crippen LogP contribution in [0.1, 0.15) is 55.8 Å². The lowest BCUT2D eigenvalue weighted by Gasteiger charge is -2.28. The fourth-order valence-corrected chi connectivity index (χ4v) is 3.72. The summed E-state index contributed by atoms with van der Waals surface area (Å²) < 4.78 is 5.96. The van der Waals surface area contributed by atoms with Crippen molar-refractivity contribution in [3.63, 3.8) is 0 Å². The van der Waals surface area contributed by atoms with E-state index < -0.39 is 0 Å². The summed E-state index contributed by atoms with van der Waals surface area (Å²) in [6.45, 7) is 0.845. The van der Waals surface area contributed by atoms with Crippen molar-refractivity contribution in [2.24, 2.45) is 11.7 Å². The first kappa shape index (κ1) is 13.1. The molecule has 0 saturated heterocycles. The van der Waals surface area contributed by atoms with Crippen molar-refractivity contribution in [3.8, 4) is 0 Å². The van der Waals surface area contributed by atoms with Crippen LogP contribution in [0.4, 0.5) is 0 Å². The average molecular weight is 259 g/mol. The highest BCUT2D eigenvalue weighted by Gasteiger charge is 2.25. The van der Waals surface area contributed by atoms with Crippen LogP contribution in [0.25, 0.3) is 0 Å². The summed E-state index contributed by atoms with van der Waals surface area (Å²) in [5.41, 5.74) is 9.18. The lowest BCUT2D eigenvalue weighted by atomic mass is 9.90. The van der Waals surface area contributed by atoms with Gasteiger partial charge in [-0.05, 0) is 36.3 Å². The van der Waals surface area contributed by atoms with Crippen LogP contribution in [0.5, 0.6) is 0 Å². The summed E-state index contributed by atoms with van der Waals surface area (Å²) in [6, 6.07) is 8.97. The van der Waals surface area contributed by atoms with Gasteiger partial charge in [-0.2, -0.15) is 0 Å². The van der Waals surface area contributed by atoms with Crippen molar-refractivity contribution < 1.29 is 4.74 Å². The Morgan fingerprint density at radius 3 is 2.79 bits per heavy atom. The van der Waals surface area contributed by atoms with Gasteiger partial charge in [0.1, 0.15) is 0 Å². The lowest BCUT2D eigenvalue weighted by molar-refractivity contribution is 0.0306. The molecule has 2 aliphatic rings. The van der Waals surface area contributed by atoms with Crippen molar-refractivity contribution in [1.29, 1.82) is 0 Å². The van der Waals surface area contributed by atoms with Crippen molar-refractivity contribution in [2.45, 2.75) is 57.1 Å². The van der Waals surface area contributed by atoms with E-state index in [1.807, 2.05) is 0 Å². The summed E-state index contributed by atoms with van der Waals surface area (Å²) in [4.78, 5) is 0. The first-order chi connectivity index (χ1) is 9.33. The first-order valence-corrected chi connectivity index (χ1v) is 7.78. The molecule has 2 atom stereocenters. The van der Waals surface area contributed by atoms with Gasteiger partial charge >= 0.3 is 0 Å². The molecule has 3 rings (SSSR count). The van der Waals surface area contributed by atoms with Crippen LogP contribution in [0.2, 0.25) is 0 Å². The molecule has 1 aliphatic carbocycles. The molecule has 1 saturated carbocycles. The molecular formula is C17H25NO. The van der Waals surface area contributed by atoms with Gasteiger partial charge < -0.3 is 10.5 Å². The van der Waals surface area contributed by atoms with Crippen molar-refractivity contribution in [1.82, 2.24) is 0 Å². The van der Waals surface area contributed by atoms with E-state index in [4.69, 9.17) is 10.5 Å². The van der Waals surface area contributed by atoms with Crippen molar-refractivity contribution in [2.75, 3.05) is 6.61 Å². The molecule has 1 heterocycles. The number of fused-ring (bicyclic) bond motifs is 1. The van der Waals surface area contributed by atoms with Gasteiger partial charge in [-0.1, -0.05) is 49.9 Å². The van der Waals surface area contributed by atoms with E-state index in [0.717, 1.165) is 25.4 Å². The SMILES string of the molecule is NC(CC1CCCC1)CC1OCCc2ccccc21. The molecule has 0 aromatic heterocycles. The second-order valence-electron chi connectivity index (χ2n) is 6.19. The minimum Gasteiger partial charge on any atom is -0.373 e. The maximum atomic E-state index is 6.36. The molecule has 2 nitrogen and oxygen atoms in total. The maximum Gasteiger partial charge on any atom is 0.0842 e. The van der Waals surface area contributed by atoms with Gasteiger partial charge in [0, 0.05) is 6.04 Å². The minimum absolute atomic E-state index is 0.223. The van der Waals surface area contributed by atoms with Gasteiger partial charge in [-0.25, -0.2) is 0 Å². The van der Waals surface area contributed by atoms with Crippen LogP contribution < -0.4 is 5.73 Å². The molecule has 1 fully saturated rings. The van der Waals surface area contributed by atoms with Gasteiger partial charge in [0.05, 0.1) is 12.7 Å². The Labute approximate surface area is 116 Å². The van der Waals surface area contributed by atoms with Gasteiger partial charge in [0.25, 0.3) is 0 Å². The van der Waals surface area contributed by atoms with E-state index in [1.54, 1.807) is 0 Å². The molecule has 0 spiro atoms. The highest BCUT2D eigenvalue weighted by atomic mass is 16.5. The Balaban J connectivity index is 1.60. The van der Waals surface area contributed by atoms with E-state index in [9.17, 15) is 0 Å². The first-order valence-electron chi connectivity index (χ1n) is 7.78. The predicted octanol–water partition coefficient (Wildman–Crippen LogP) is 3.60.